The lowest BCUT2D eigenvalue weighted by atomic mass is 9.65. The summed E-state index contributed by atoms with van der Waals surface area (Å²) in [6.45, 7) is 0. The van der Waals surface area contributed by atoms with Crippen LogP contribution >= 0.6 is 11.6 Å². The summed E-state index contributed by atoms with van der Waals surface area (Å²) in [6.07, 6.45) is 5.19. The number of nitrogens with one attached hydrogen (secondary N) is 1. The van der Waals surface area contributed by atoms with Crippen LogP contribution in [-0.4, -0.2) is 17.1 Å². The monoisotopic (exact) mass is 308 g/mol. The second-order valence-electron chi connectivity index (χ2n) is 6.35. The van der Waals surface area contributed by atoms with Gasteiger partial charge in [0.05, 0.1) is 5.69 Å². The van der Waals surface area contributed by atoms with Crippen molar-refractivity contribution in [3.05, 3.63) is 23.2 Å². The first-order chi connectivity index (χ1) is 10.0. The molecule has 0 aliphatic heterocycles. The van der Waals surface area contributed by atoms with Crippen LogP contribution in [0.1, 0.15) is 32.1 Å². The first-order valence-corrected chi connectivity index (χ1v) is 7.97. The molecule has 0 saturated heterocycles. The van der Waals surface area contributed by atoms with Crippen LogP contribution in [0, 0.1) is 17.8 Å². The Morgan fingerprint density at radius 1 is 1.29 bits per heavy atom. The number of benzene rings is 1. The molecule has 1 amide bonds. The zero-order valence-electron chi connectivity index (χ0n) is 11.9. The molecule has 21 heavy (non-hydrogen) atoms. The summed E-state index contributed by atoms with van der Waals surface area (Å²) < 4.78 is 0. The Labute approximate surface area is 129 Å². The predicted octanol–water partition coefficient (Wildman–Crippen LogP) is 3.14. The lowest BCUT2D eigenvalue weighted by molar-refractivity contribution is -0.122. The summed E-state index contributed by atoms with van der Waals surface area (Å²) in [6, 6.07) is 4.91. The minimum atomic E-state index is -0.0311. The van der Waals surface area contributed by atoms with Gasteiger partial charge in [0.2, 0.25) is 5.91 Å². The number of rotatable bonds is 2. The van der Waals surface area contributed by atoms with E-state index in [1.54, 1.807) is 12.1 Å². The zero-order chi connectivity index (χ0) is 15.0. The molecular weight excluding hydrogens is 288 g/mol. The van der Waals surface area contributed by atoms with Crippen molar-refractivity contribution in [2.45, 2.75) is 38.1 Å². The summed E-state index contributed by atoms with van der Waals surface area (Å²) in [5.74, 6) is 0.915. The van der Waals surface area contributed by atoms with Crippen LogP contribution in [0.4, 0.5) is 5.69 Å². The molecule has 2 aliphatic carbocycles. The van der Waals surface area contributed by atoms with Gasteiger partial charge in [-0.05, 0) is 55.7 Å². The molecule has 2 saturated carbocycles. The molecular formula is C16H21ClN2O2. The number of carbonyl (C=O) groups excluding carboxylic acids is 1. The molecule has 2 atom stereocenters. The molecule has 3 rings (SSSR count). The van der Waals surface area contributed by atoms with E-state index in [9.17, 15) is 9.90 Å². The van der Waals surface area contributed by atoms with Gasteiger partial charge in [-0.3, -0.25) is 4.79 Å². The van der Waals surface area contributed by atoms with E-state index in [0.717, 1.165) is 25.7 Å². The van der Waals surface area contributed by atoms with Crippen molar-refractivity contribution in [1.29, 1.82) is 0 Å². The third kappa shape index (κ3) is 3.01. The van der Waals surface area contributed by atoms with E-state index in [1.807, 2.05) is 0 Å². The highest BCUT2D eigenvalue weighted by atomic mass is 35.5. The highest BCUT2D eigenvalue weighted by Gasteiger charge is 2.40. The average Bonchev–Trinajstić information content (AvgIpc) is 2.42. The van der Waals surface area contributed by atoms with Gasteiger partial charge < -0.3 is 16.2 Å². The van der Waals surface area contributed by atoms with E-state index in [0.29, 0.717) is 22.5 Å². The fourth-order valence-corrected chi connectivity index (χ4v) is 4.02. The molecule has 2 unspecified atom stereocenters. The van der Waals surface area contributed by atoms with Crippen LogP contribution in [-0.2, 0) is 4.79 Å². The SMILES string of the molecule is NC1C2CCCC1CC(C(=O)Nc1cc(Cl)ccc1O)C2. The first-order valence-electron chi connectivity index (χ1n) is 7.59. The molecule has 1 aromatic carbocycles. The van der Waals surface area contributed by atoms with Crippen LogP contribution in [0.5, 0.6) is 5.75 Å². The quantitative estimate of drug-likeness (QED) is 0.735. The summed E-state index contributed by atoms with van der Waals surface area (Å²) in [7, 11) is 0. The third-order valence-electron chi connectivity index (χ3n) is 5.00. The number of carbonyl (C=O) groups is 1. The van der Waals surface area contributed by atoms with Crippen molar-refractivity contribution in [3.8, 4) is 5.75 Å². The lowest BCUT2D eigenvalue weighted by Gasteiger charge is -2.43. The Morgan fingerprint density at radius 2 is 1.95 bits per heavy atom. The molecule has 114 valence electrons. The Kier molecular flexibility index (Phi) is 4.09. The summed E-state index contributed by atoms with van der Waals surface area (Å²) in [5.41, 5.74) is 6.64. The number of hydrogen-bond donors (Lipinski definition) is 3. The maximum atomic E-state index is 12.5. The van der Waals surface area contributed by atoms with E-state index in [2.05, 4.69) is 5.32 Å². The number of nitrogens with two attached hydrogens (primary N) is 1. The van der Waals surface area contributed by atoms with Gasteiger partial charge in [0, 0.05) is 17.0 Å². The van der Waals surface area contributed by atoms with Crippen LogP contribution < -0.4 is 11.1 Å². The van der Waals surface area contributed by atoms with Crippen molar-refractivity contribution in [3.63, 3.8) is 0 Å². The topological polar surface area (TPSA) is 75.4 Å². The predicted molar refractivity (Wildman–Crippen MR) is 83.3 cm³/mol. The summed E-state index contributed by atoms with van der Waals surface area (Å²) in [4.78, 5) is 12.5. The number of fused-ring (bicyclic) bond motifs is 2. The molecule has 2 aliphatic rings. The van der Waals surface area contributed by atoms with Gasteiger partial charge in [0.25, 0.3) is 0 Å². The van der Waals surface area contributed by atoms with Crippen LogP contribution in [0.2, 0.25) is 5.02 Å². The highest BCUT2D eigenvalue weighted by molar-refractivity contribution is 6.31. The Morgan fingerprint density at radius 3 is 2.62 bits per heavy atom. The number of phenolic OH excluding ortho intramolecular Hbond substituents is 1. The molecule has 2 bridgehead atoms. The average molecular weight is 309 g/mol. The van der Waals surface area contributed by atoms with Crippen molar-refractivity contribution < 1.29 is 9.90 Å². The fraction of sp³-hybridized carbons (Fsp3) is 0.562. The van der Waals surface area contributed by atoms with E-state index >= 15 is 0 Å². The minimum absolute atomic E-state index is 0.0153. The molecule has 4 nitrogen and oxygen atoms in total. The van der Waals surface area contributed by atoms with Crippen LogP contribution in [0.15, 0.2) is 18.2 Å². The molecule has 0 spiro atoms. The van der Waals surface area contributed by atoms with E-state index in [-0.39, 0.29) is 23.6 Å². The number of halogens is 1. The van der Waals surface area contributed by atoms with Gasteiger partial charge in [-0.25, -0.2) is 0 Å². The van der Waals surface area contributed by atoms with Gasteiger partial charge >= 0.3 is 0 Å². The second-order valence-corrected chi connectivity index (χ2v) is 6.78. The molecule has 1 aromatic rings. The third-order valence-corrected chi connectivity index (χ3v) is 5.24. The molecule has 0 radical (unpaired) electrons. The molecule has 0 heterocycles. The Bertz CT molecular complexity index is 535. The van der Waals surface area contributed by atoms with Gasteiger partial charge in [-0.15, -0.1) is 0 Å². The number of anilines is 1. The van der Waals surface area contributed by atoms with E-state index < -0.39 is 0 Å². The fourth-order valence-electron chi connectivity index (χ4n) is 3.85. The normalized spacial score (nSPS) is 31.7. The standard InChI is InChI=1S/C16H21ClN2O2/c17-12-4-5-14(20)13(8-12)19-16(21)11-6-9-2-1-3-10(7-11)15(9)18/h4-5,8-11,15,20H,1-3,6-7,18H2,(H,19,21). The van der Waals surface area contributed by atoms with Gasteiger partial charge in [0.15, 0.2) is 0 Å². The maximum absolute atomic E-state index is 12.5. The van der Waals surface area contributed by atoms with Gasteiger partial charge in [0.1, 0.15) is 5.75 Å². The Balaban J connectivity index is 1.70. The molecule has 4 N–H and O–H groups in total. The number of hydrogen-bond acceptors (Lipinski definition) is 3. The molecule has 2 fully saturated rings. The highest BCUT2D eigenvalue weighted by Crippen LogP contribution is 2.42. The van der Waals surface area contributed by atoms with E-state index in [1.165, 1.54) is 12.5 Å². The first kappa shape index (κ1) is 14.7. The largest absolute Gasteiger partial charge is 0.506 e. The number of phenols is 1. The summed E-state index contributed by atoms with van der Waals surface area (Å²) >= 11 is 5.90. The van der Waals surface area contributed by atoms with Crippen LogP contribution in [0.25, 0.3) is 0 Å². The van der Waals surface area contributed by atoms with E-state index in [4.69, 9.17) is 17.3 Å². The van der Waals surface area contributed by atoms with Gasteiger partial charge in [-0.1, -0.05) is 18.0 Å². The lowest BCUT2D eigenvalue weighted by Crippen LogP contribution is -2.48. The zero-order valence-corrected chi connectivity index (χ0v) is 12.6. The van der Waals surface area contributed by atoms with Crippen molar-refractivity contribution in [2.24, 2.45) is 23.5 Å². The number of aromatic hydroxyl groups is 1. The molecule has 0 aromatic heterocycles. The van der Waals surface area contributed by atoms with Crippen LogP contribution in [0.3, 0.4) is 0 Å². The second kappa shape index (κ2) is 5.85. The maximum Gasteiger partial charge on any atom is 0.227 e. The smallest absolute Gasteiger partial charge is 0.227 e. The minimum Gasteiger partial charge on any atom is -0.506 e. The molecule has 5 heteroatoms. The Hall–Kier alpha value is -1.26. The summed E-state index contributed by atoms with van der Waals surface area (Å²) in [5, 5.41) is 13.1. The van der Waals surface area contributed by atoms with Crippen molar-refractivity contribution >= 4 is 23.2 Å². The van der Waals surface area contributed by atoms with Gasteiger partial charge in [-0.2, -0.15) is 0 Å². The van der Waals surface area contributed by atoms with Crippen molar-refractivity contribution in [2.75, 3.05) is 5.32 Å². The number of amides is 1. The van der Waals surface area contributed by atoms with Crippen molar-refractivity contribution in [1.82, 2.24) is 0 Å².